The molecule has 7 heteroatoms. The molecule has 0 aromatic heterocycles. The zero-order valence-corrected chi connectivity index (χ0v) is 13.0. The fourth-order valence-corrected chi connectivity index (χ4v) is 3.07. The first-order valence-corrected chi connectivity index (χ1v) is 7.13. The lowest BCUT2D eigenvalue weighted by molar-refractivity contribution is -0.115. The Bertz CT molecular complexity index is 572. The summed E-state index contributed by atoms with van der Waals surface area (Å²) in [6.45, 7) is 0. The quantitative estimate of drug-likeness (QED) is 0.460. The van der Waals surface area contributed by atoms with Crippen LogP contribution in [0.5, 0.6) is 11.5 Å². The van der Waals surface area contributed by atoms with E-state index in [0.29, 0.717) is 18.5 Å². The van der Waals surface area contributed by atoms with E-state index in [9.17, 15) is 9.90 Å². The number of ether oxygens (including phenoxy) is 1. The lowest BCUT2D eigenvalue weighted by Gasteiger charge is -2.06. The normalized spacial score (nSPS) is 17.1. The fourth-order valence-electron chi connectivity index (χ4n) is 1.41. The molecule has 1 amide bonds. The molecule has 1 aromatic rings. The van der Waals surface area contributed by atoms with Gasteiger partial charge in [0.05, 0.1) is 15.6 Å². The number of phenolic OH excluding ortho intramolecular Hbond substituents is 1. The third-order valence-electron chi connectivity index (χ3n) is 2.21. The van der Waals surface area contributed by atoms with Crippen LogP contribution in [-0.4, -0.2) is 22.4 Å². The van der Waals surface area contributed by atoms with Crippen molar-refractivity contribution in [2.75, 3.05) is 7.11 Å². The van der Waals surface area contributed by atoms with E-state index in [1.54, 1.807) is 18.2 Å². The number of hydrogen-bond acceptors (Lipinski definition) is 5. The molecule has 0 radical (unpaired) electrons. The van der Waals surface area contributed by atoms with Crippen molar-refractivity contribution < 1.29 is 14.6 Å². The second-order valence-electron chi connectivity index (χ2n) is 3.41. The number of halogens is 1. The minimum absolute atomic E-state index is 0.0966. The number of thioether (sulfide) groups is 1. The largest absolute Gasteiger partial charge is 0.504 e. The van der Waals surface area contributed by atoms with Gasteiger partial charge in [0.15, 0.2) is 11.5 Å². The summed E-state index contributed by atoms with van der Waals surface area (Å²) in [6, 6.07) is 3.43. The fraction of sp³-hybridized carbons (Fsp3) is 0.0909. The smallest absolute Gasteiger partial charge is 0.263 e. The summed E-state index contributed by atoms with van der Waals surface area (Å²) in [7, 11) is 1.48. The summed E-state index contributed by atoms with van der Waals surface area (Å²) >= 11 is 8.13. The monoisotopic (exact) mass is 393 g/mol. The summed E-state index contributed by atoms with van der Waals surface area (Å²) in [5.74, 6) is 0.270. The zero-order valence-electron chi connectivity index (χ0n) is 9.19. The molecular weight excluding hydrogens is 385 g/mol. The molecule has 94 valence electrons. The number of thiocarbonyl (C=S) groups is 1. The maximum Gasteiger partial charge on any atom is 0.263 e. The molecule has 1 aliphatic rings. The minimum atomic E-state index is -0.202. The van der Waals surface area contributed by atoms with Crippen LogP contribution < -0.4 is 10.1 Å². The van der Waals surface area contributed by atoms with E-state index in [1.807, 2.05) is 22.6 Å². The van der Waals surface area contributed by atoms with Crippen molar-refractivity contribution in [3.63, 3.8) is 0 Å². The maximum atomic E-state index is 11.5. The van der Waals surface area contributed by atoms with Gasteiger partial charge >= 0.3 is 0 Å². The third kappa shape index (κ3) is 2.78. The second-order valence-corrected chi connectivity index (χ2v) is 6.29. The Kier molecular flexibility index (Phi) is 4.13. The molecule has 18 heavy (non-hydrogen) atoms. The average molecular weight is 393 g/mol. The van der Waals surface area contributed by atoms with Crippen LogP contribution in [0.2, 0.25) is 0 Å². The number of hydrogen-bond donors (Lipinski definition) is 2. The standard InChI is InChI=1S/C11H8INO3S2/c1-16-7-3-5(2-6(12)9(7)14)4-8-10(15)13-11(17)18-8/h2-4,14H,1H3,(H,13,15,17)/b8-4-. The molecule has 1 heterocycles. The number of methoxy groups -OCH3 is 1. The molecule has 0 spiro atoms. The Balaban J connectivity index is 2.41. The number of aromatic hydroxyl groups is 1. The molecule has 0 atom stereocenters. The van der Waals surface area contributed by atoms with Crippen LogP contribution in [0.15, 0.2) is 17.0 Å². The molecule has 4 nitrogen and oxygen atoms in total. The first-order chi connectivity index (χ1) is 8.51. The molecule has 1 fully saturated rings. The number of carbonyl (C=O) groups excluding carboxylic acids is 1. The first kappa shape index (κ1) is 13.6. The molecule has 0 unspecified atom stereocenters. The lowest BCUT2D eigenvalue weighted by Crippen LogP contribution is -2.17. The van der Waals surface area contributed by atoms with Crippen molar-refractivity contribution in [2.45, 2.75) is 0 Å². The minimum Gasteiger partial charge on any atom is -0.504 e. The van der Waals surface area contributed by atoms with Crippen molar-refractivity contribution >= 4 is 62.9 Å². The molecule has 1 saturated heterocycles. The van der Waals surface area contributed by atoms with Crippen LogP contribution in [-0.2, 0) is 4.79 Å². The van der Waals surface area contributed by atoms with Crippen molar-refractivity contribution in [1.82, 2.24) is 5.32 Å². The molecule has 0 saturated carbocycles. The maximum absolute atomic E-state index is 11.5. The van der Waals surface area contributed by atoms with Gasteiger partial charge in [0.25, 0.3) is 5.91 Å². The Morgan fingerprint density at radius 3 is 2.83 bits per heavy atom. The Hall–Kier alpha value is -0.800. The van der Waals surface area contributed by atoms with Crippen molar-refractivity contribution in [3.05, 3.63) is 26.2 Å². The number of phenols is 1. The van der Waals surface area contributed by atoms with E-state index in [1.165, 1.54) is 18.9 Å². The highest BCUT2D eigenvalue weighted by atomic mass is 127. The van der Waals surface area contributed by atoms with E-state index < -0.39 is 0 Å². The molecule has 1 aliphatic heterocycles. The van der Waals surface area contributed by atoms with Crippen molar-refractivity contribution in [3.8, 4) is 11.5 Å². The number of benzene rings is 1. The highest BCUT2D eigenvalue weighted by molar-refractivity contribution is 14.1. The van der Waals surface area contributed by atoms with Gasteiger partial charge in [-0.15, -0.1) is 0 Å². The van der Waals surface area contributed by atoms with Crippen LogP contribution in [0.4, 0.5) is 0 Å². The molecule has 2 N–H and O–H groups in total. The van der Waals surface area contributed by atoms with Crippen LogP contribution in [0.3, 0.4) is 0 Å². The Morgan fingerprint density at radius 2 is 2.28 bits per heavy atom. The first-order valence-electron chi connectivity index (χ1n) is 4.82. The van der Waals surface area contributed by atoms with Gasteiger partial charge in [0, 0.05) is 0 Å². The summed E-state index contributed by atoms with van der Waals surface area (Å²) in [4.78, 5) is 12.1. The molecule has 2 rings (SSSR count). The van der Waals surface area contributed by atoms with Gasteiger partial charge in [-0.25, -0.2) is 0 Å². The van der Waals surface area contributed by atoms with Crippen molar-refractivity contribution in [2.24, 2.45) is 0 Å². The third-order valence-corrected chi connectivity index (χ3v) is 4.20. The number of rotatable bonds is 2. The lowest BCUT2D eigenvalue weighted by atomic mass is 10.2. The van der Waals surface area contributed by atoms with Gasteiger partial charge in [0.1, 0.15) is 4.32 Å². The zero-order chi connectivity index (χ0) is 13.3. The molecule has 0 bridgehead atoms. The highest BCUT2D eigenvalue weighted by Crippen LogP contribution is 2.34. The van der Waals surface area contributed by atoms with E-state index >= 15 is 0 Å². The van der Waals surface area contributed by atoms with Gasteiger partial charge in [-0.05, 0) is 46.4 Å². The topological polar surface area (TPSA) is 58.6 Å². The van der Waals surface area contributed by atoms with Crippen LogP contribution in [0.25, 0.3) is 6.08 Å². The van der Waals surface area contributed by atoms with Crippen LogP contribution >= 0.6 is 46.6 Å². The highest BCUT2D eigenvalue weighted by Gasteiger charge is 2.22. The van der Waals surface area contributed by atoms with Gasteiger partial charge in [-0.3, -0.25) is 4.79 Å². The number of nitrogens with one attached hydrogen (secondary N) is 1. The van der Waals surface area contributed by atoms with E-state index in [0.717, 1.165) is 5.56 Å². The average Bonchev–Trinajstić information content (AvgIpc) is 2.62. The predicted octanol–water partition coefficient (Wildman–Crippen LogP) is 2.49. The summed E-state index contributed by atoms with van der Waals surface area (Å²) in [6.07, 6.45) is 1.71. The van der Waals surface area contributed by atoms with Crippen molar-refractivity contribution in [1.29, 1.82) is 0 Å². The molecule has 1 aromatic carbocycles. The Labute approximate surface area is 127 Å². The Morgan fingerprint density at radius 1 is 1.56 bits per heavy atom. The summed E-state index contributed by atoms with van der Waals surface area (Å²) in [5.41, 5.74) is 0.774. The van der Waals surface area contributed by atoms with E-state index in [2.05, 4.69) is 5.32 Å². The van der Waals surface area contributed by atoms with Gasteiger partial charge in [0.2, 0.25) is 0 Å². The van der Waals surface area contributed by atoms with E-state index in [-0.39, 0.29) is 11.7 Å². The van der Waals surface area contributed by atoms with Crippen LogP contribution in [0, 0.1) is 3.57 Å². The SMILES string of the molecule is COc1cc(/C=C2\SC(=S)NC2=O)cc(I)c1O. The van der Waals surface area contributed by atoms with Crippen LogP contribution in [0.1, 0.15) is 5.56 Å². The van der Waals surface area contributed by atoms with Gasteiger partial charge in [-0.2, -0.15) is 0 Å². The second kappa shape index (κ2) is 5.45. The summed E-state index contributed by atoms with van der Waals surface area (Å²) < 4.78 is 6.17. The van der Waals surface area contributed by atoms with Gasteiger partial charge in [-0.1, -0.05) is 24.0 Å². The molecular formula is C11H8INO3S2. The van der Waals surface area contributed by atoms with Gasteiger partial charge < -0.3 is 15.2 Å². The number of carbonyl (C=O) groups is 1. The predicted molar refractivity (Wildman–Crippen MR) is 83.7 cm³/mol. The number of amides is 1. The molecule has 0 aliphatic carbocycles. The summed E-state index contributed by atoms with van der Waals surface area (Å²) in [5, 5.41) is 12.3. The van der Waals surface area contributed by atoms with E-state index in [4.69, 9.17) is 17.0 Å².